The van der Waals surface area contributed by atoms with E-state index in [1.807, 2.05) is 25.4 Å². The highest BCUT2D eigenvalue weighted by molar-refractivity contribution is 5.84. The Bertz CT molecular complexity index is 1040. The van der Waals surface area contributed by atoms with Gasteiger partial charge in [0.1, 0.15) is 5.69 Å². The fraction of sp³-hybridized carbons (Fsp3) is 0.381. The summed E-state index contributed by atoms with van der Waals surface area (Å²) in [7, 11) is 3.66. The number of nitrogens with one attached hydrogen (secondary N) is 1. The maximum Gasteiger partial charge on any atom is 0.433 e. The van der Waals surface area contributed by atoms with Gasteiger partial charge in [-0.05, 0) is 56.3 Å². The van der Waals surface area contributed by atoms with E-state index < -0.39 is 11.9 Å². The van der Waals surface area contributed by atoms with Crippen LogP contribution in [0.25, 0.3) is 10.9 Å². The molecule has 0 fully saturated rings. The van der Waals surface area contributed by atoms with Gasteiger partial charge < -0.3 is 14.8 Å². The van der Waals surface area contributed by atoms with Crippen LogP contribution in [0.3, 0.4) is 0 Å². The lowest BCUT2D eigenvalue weighted by Crippen LogP contribution is -2.32. The van der Waals surface area contributed by atoms with E-state index in [4.69, 9.17) is 5.26 Å². The van der Waals surface area contributed by atoms with Crippen LogP contribution in [0.4, 0.5) is 19.1 Å². The highest BCUT2D eigenvalue weighted by atomic mass is 19.4. The zero-order valence-corrected chi connectivity index (χ0v) is 16.9. The van der Waals surface area contributed by atoms with E-state index in [1.54, 1.807) is 18.0 Å². The summed E-state index contributed by atoms with van der Waals surface area (Å²) in [6.07, 6.45) is 0.413. The molecule has 0 bridgehead atoms. The van der Waals surface area contributed by atoms with E-state index in [0.717, 1.165) is 42.6 Å². The van der Waals surface area contributed by atoms with E-state index >= 15 is 0 Å². The van der Waals surface area contributed by atoms with E-state index in [0.29, 0.717) is 18.7 Å². The summed E-state index contributed by atoms with van der Waals surface area (Å²) in [6, 6.07) is 8.63. The van der Waals surface area contributed by atoms with Crippen molar-refractivity contribution >= 4 is 16.9 Å². The lowest BCUT2D eigenvalue weighted by Gasteiger charge is -2.22. The van der Waals surface area contributed by atoms with Crippen molar-refractivity contribution in [2.45, 2.75) is 19.0 Å². The standard InChI is InChI=1S/C21H23F3N6/c1-29(10-11-30(2)20-26-8-7-19(28-20)21(22,23)24)9-3-4-16-14-27-18-6-5-15(13-25)12-17(16)18/h5-8,12,14,27H,3-4,9-11H2,1-2H3. The van der Waals surface area contributed by atoms with Gasteiger partial charge in [-0.15, -0.1) is 0 Å². The summed E-state index contributed by atoms with van der Waals surface area (Å²) in [5, 5.41) is 10.1. The number of hydrogen-bond acceptors (Lipinski definition) is 5. The lowest BCUT2D eigenvalue weighted by atomic mass is 10.1. The Kier molecular flexibility index (Phi) is 6.57. The summed E-state index contributed by atoms with van der Waals surface area (Å²) in [5.74, 6) is 0.0605. The summed E-state index contributed by atoms with van der Waals surface area (Å²) in [6.45, 7) is 2.01. The Morgan fingerprint density at radius 2 is 1.93 bits per heavy atom. The minimum atomic E-state index is -4.48. The molecule has 30 heavy (non-hydrogen) atoms. The van der Waals surface area contributed by atoms with Crippen molar-refractivity contribution in [3.63, 3.8) is 0 Å². The Balaban J connectivity index is 1.49. The summed E-state index contributed by atoms with van der Waals surface area (Å²) < 4.78 is 38.4. The number of fused-ring (bicyclic) bond motifs is 1. The van der Waals surface area contributed by atoms with Crippen molar-refractivity contribution in [1.29, 1.82) is 5.26 Å². The predicted molar refractivity (Wildman–Crippen MR) is 109 cm³/mol. The van der Waals surface area contributed by atoms with Gasteiger partial charge >= 0.3 is 6.18 Å². The number of halogens is 3. The molecule has 0 atom stereocenters. The number of aromatic amines is 1. The summed E-state index contributed by atoms with van der Waals surface area (Å²) in [5.41, 5.74) is 1.89. The topological polar surface area (TPSA) is 71.8 Å². The second kappa shape index (κ2) is 9.13. The number of likely N-dealkylation sites (N-methyl/N-ethyl adjacent to an activating group) is 2. The largest absolute Gasteiger partial charge is 0.433 e. The first-order valence-electron chi connectivity index (χ1n) is 9.58. The third-order valence-electron chi connectivity index (χ3n) is 4.97. The molecule has 0 saturated carbocycles. The van der Waals surface area contributed by atoms with Crippen molar-refractivity contribution in [3.05, 3.63) is 53.5 Å². The minimum Gasteiger partial charge on any atom is -0.361 e. The van der Waals surface area contributed by atoms with Crippen LogP contribution >= 0.6 is 0 Å². The van der Waals surface area contributed by atoms with Gasteiger partial charge in [-0.1, -0.05) is 0 Å². The van der Waals surface area contributed by atoms with Crippen LogP contribution in [0, 0.1) is 11.3 Å². The van der Waals surface area contributed by atoms with Crippen molar-refractivity contribution in [3.8, 4) is 6.07 Å². The van der Waals surface area contributed by atoms with Gasteiger partial charge in [-0.25, -0.2) is 9.97 Å². The molecular weight excluding hydrogens is 393 g/mol. The minimum absolute atomic E-state index is 0.0605. The third kappa shape index (κ3) is 5.27. The molecule has 0 radical (unpaired) electrons. The van der Waals surface area contributed by atoms with E-state index in [1.165, 1.54) is 5.56 Å². The number of benzene rings is 1. The molecule has 1 N–H and O–H groups in total. The number of nitriles is 1. The van der Waals surface area contributed by atoms with Crippen molar-refractivity contribution < 1.29 is 13.2 Å². The van der Waals surface area contributed by atoms with Crippen molar-refractivity contribution in [1.82, 2.24) is 19.9 Å². The van der Waals surface area contributed by atoms with E-state index in [2.05, 4.69) is 25.9 Å². The van der Waals surface area contributed by atoms with Crippen LogP contribution in [0.5, 0.6) is 0 Å². The molecule has 158 valence electrons. The lowest BCUT2D eigenvalue weighted by molar-refractivity contribution is -0.141. The van der Waals surface area contributed by atoms with Gasteiger partial charge in [0.05, 0.1) is 11.6 Å². The molecule has 2 aromatic heterocycles. The van der Waals surface area contributed by atoms with Crippen molar-refractivity contribution in [2.75, 3.05) is 38.6 Å². The van der Waals surface area contributed by atoms with Gasteiger partial charge in [0.15, 0.2) is 0 Å². The van der Waals surface area contributed by atoms with Crippen LogP contribution in [-0.2, 0) is 12.6 Å². The van der Waals surface area contributed by atoms with Gasteiger partial charge in [-0.3, -0.25) is 0 Å². The van der Waals surface area contributed by atoms with Gasteiger partial charge in [0.25, 0.3) is 0 Å². The van der Waals surface area contributed by atoms with Crippen LogP contribution < -0.4 is 4.90 Å². The van der Waals surface area contributed by atoms with Crippen molar-refractivity contribution in [2.24, 2.45) is 0 Å². The van der Waals surface area contributed by atoms with Crippen LogP contribution in [0.15, 0.2) is 36.7 Å². The Labute approximate surface area is 173 Å². The van der Waals surface area contributed by atoms with Crippen LogP contribution in [0.2, 0.25) is 0 Å². The first-order chi connectivity index (χ1) is 14.3. The zero-order valence-electron chi connectivity index (χ0n) is 16.9. The number of alkyl halides is 3. The van der Waals surface area contributed by atoms with Gasteiger partial charge in [0, 0.05) is 43.4 Å². The first-order valence-corrected chi connectivity index (χ1v) is 9.58. The van der Waals surface area contributed by atoms with Gasteiger partial charge in [0.2, 0.25) is 5.95 Å². The monoisotopic (exact) mass is 416 g/mol. The van der Waals surface area contributed by atoms with Gasteiger partial charge in [-0.2, -0.15) is 18.4 Å². The molecule has 9 heteroatoms. The number of H-pyrrole nitrogens is 1. The van der Waals surface area contributed by atoms with E-state index in [9.17, 15) is 13.2 Å². The third-order valence-corrected chi connectivity index (χ3v) is 4.97. The molecule has 3 rings (SSSR count). The highest BCUT2D eigenvalue weighted by Gasteiger charge is 2.33. The Hall–Kier alpha value is -3.12. The normalized spacial score (nSPS) is 11.8. The maximum atomic E-state index is 12.8. The van der Waals surface area contributed by atoms with Crippen LogP contribution in [-0.4, -0.2) is 53.6 Å². The molecular formula is C21H23F3N6. The fourth-order valence-electron chi connectivity index (χ4n) is 3.22. The number of anilines is 1. The van der Waals surface area contributed by atoms with E-state index in [-0.39, 0.29) is 5.95 Å². The molecule has 0 amide bonds. The number of nitrogens with zero attached hydrogens (tertiary/aromatic N) is 5. The summed E-state index contributed by atoms with van der Waals surface area (Å²) in [4.78, 5) is 14.5. The smallest absolute Gasteiger partial charge is 0.361 e. The number of aryl methyl sites for hydroxylation is 1. The molecule has 0 aliphatic heterocycles. The maximum absolute atomic E-state index is 12.8. The average molecular weight is 416 g/mol. The number of aromatic nitrogens is 3. The second-order valence-electron chi connectivity index (χ2n) is 7.25. The Morgan fingerprint density at radius 3 is 2.67 bits per heavy atom. The average Bonchev–Trinajstić information content (AvgIpc) is 3.13. The Morgan fingerprint density at radius 1 is 1.13 bits per heavy atom. The number of hydrogen-bond donors (Lipinski definition) is 1. The molecule has 0 spiro atoms. The molecule has 2 heterocycles. The summed E-state index contributed by atoms with van der Waals surface area (Å²) >= 11 is 0. The molecule has 3 aromatic rings. The quantitative estimate of drug-likeness (QED) is 0.604. The zero-order chi connectivity index (χ0) is 21.7. The SMILES string of the molecule is CN(CCCc1c[nH]c2ccc(C#N)cc12)CCN(C)c1nccc(C(F)(F)F)n1. The van der Waals surface area contributed by atoms with Crippen LogP contribution in [0.1, 0.15) is 23.2 Å². The molecule has 0 aliphatic rings. The number of rotatable bonds is 8. The first kappa shape index (κ1) is 21.6. The molecule has 0 unspecified atom stereocenters. The molecule has 1 aromatic carbocycles. The predicted octanol–water partition coefficient (Wildman–Crippen LogP) is 3.85. The molecule has 6 nitrogen and oxygen atoms in total. The highest BCUT2D eigenvalue weighted by Crippen LogP contribution is 2.28. The second-order valence-corrected chi connectivity index (χ2v) is 7.25. The molecule has 0 saturated heterocycles. The molecule has 0 aliphatic carbocycles. The fourth-order valence-corrected chi connectivity index (χ4v) is 3.22.